The minimum absolute atomic E-state index is 0.319. The van der Waals surface area contributed by atoms with Crippen molar-refractivity contribution in [3.05, 3.63) is 10.6 Å². The first-order valence-electron chi connectivity index (χ1n) is 9.13. The molecule has 2 saturated carbocycles. The Hall–Kier alpha value is -1.17. The number of piperidine rings is 1. The Balaban J connectivity index is 1.50. The van der Waals surface area contributed by atoms with Crippen molar-refractivity contribution >= 4 is 18.1 Å². The first kappa shape index (κ1) is 15.4. The summed E-state index contributed by atoms with van der Waals surface area (Å²) in [6.07, 6.45) is 7.22. The van der Waals surface area contributed by atoms with Gasteiger partial charge in [0.15, 0.2) is 4.77 Å². The van der Waals surface area contributed by atoms with Crippen molar-refractivity contribution in [1.29, 1.82) is 0 Å². The van der Waals surface area contributed by atoms with Crippen molar-refractivity contribution in [3.63, 3.8) is 0 Å². The van der Waals surface area contributed by atoms with Crippen molar-refractivity contribution in [3.8, 4) is 0 Å². The first-order valence-corrected chi connectivity index (χ1v) is 9.53. The maximum Gasteiger partial charge on any atom is 0.226 e. The molecule has 5 nitrogen and oxygen atoms in total. The van der Waals surface area contributed by atoms with Crippen LogP contribution in [-0.2, 0) is 11.3 Å². The van der Waals surface area contributed by atoms with Gasteiger partial charge in [-0.2, -0.15) is 5.10 Å². The number of rotatable bonds is 5. The maximum atomic E-state index is 13.1. The van der Waals surface area contributed by atoms with Gasteiger partial charge in [-0.3, -0.25) is 9.89 Å². The Kier molecular flexibility index (Phi) is 4.03. The lowest BCUT2D eigenvalue weighted by atomic mass is 9.92. The molecule has 6 heteroatoms. The van der Waals surface area contributed by atoms with Gasteiger partial charge in [-0.15, -0.1) is 0 Å². The second kappa shape index (κ2) is 6.04. The summed E-state index contributed by atoms with van der Waals surface area (Å²) in [5.41, 5.74) is 0. The molecule has 126 valence electrons. The third kappa shape index (κ3) is 2.97. The monoisotopic (exact) mass is 334 g/mol. The molecule has 1 aromatic heterocycles. The van der Waals surface area contributed by atoms with Gasteiger partial charge < -0.3 is 9.47 Å². The number of nitrogens with one attached hydrogen (secondary N) is 1. The molecule has 1 aliphatic heterocycles. The lowest BCUT2D eigenvalue weighted by molar-refractivity contribution is -0.138. The van der Waals surface area contributed by atoms with E-state index in [1.165, 1.54) is 25.7 Å². The van der Waals surface area contributed by atoms with Crippen LogP contribution in [0.5, 0.6) is 0 Å². The highest BCUT2D eigenvalue weighted by Gasteiger charge is 2.47. The van der Waals surface area contributed by atoms with Gasteiger partial charge in [-0.1, -0.05) is 0 Å². The van der Waals surface area contributed by atoms with E-state index in [1.54, 1.807) is 0 Å². The van der Waals surface area contributed by atoms with Gasteiger partial charge in [0.1, 0.15) is 5.82 Å². The number of hydrogen-bond acceptors (Lipinski definition) is 3. The van der Waals surface area contributed by atoms with E-state index in [9.17, 15) is 4.79 Å². The lowest BCUT2D eigenvalue weighted by Crippen LogP contribution is -2.44. The molecule has 0 bridgehead atoms. The van der Waals surface area contributed by atoms with E-state index >= 15 is 0 Å². The summed E-state index contributed by atoms with van der Waals surface area (Å²) in [6, 6.07) is 0. The van der Waals surface area contributed by atoms with Crippen LogP contribution in [0.4, 0.5) is 0 Å². The summed E-state index contributed by atoms with van der Waals surface area (Å²) >= 11 is 5.31. The fraction of sp³-hybridized carbons (Fsp3) is 0.824. The number of H-pyrrole nitrogens is 1. The van der Waals surface area contributed by atoms with Crippen LogP contribution in [0.15, 0.2) is 0 Å². The highest BCUT2D eigenvalue weighted by atomic mass is 32.1. The highest BCUT2D eigenvalue weighted by molar-refractivity contribution is 7.71. The van der Waals surface area contributed by atoms with Crippen LogP contribution in [0.2, 0.25) is 0 Å². The van der Waals surface area contributed by atoms with E-state index in [-0.39, 0.29) is 0 Å². The minimum atomic E-state index is 0.319. The van der Waals surface area contributed by atoms with E-state index in [0.717, 1.165) is 38.3 Å². The van der Waals surface area contributed by atoms with Gasteiger partial charge in [0, 0.05) is 31.5 Å². The van der Waals surface area contributed by atoms with Crippen LogP contribution in [0.1, 0.15) is 57.2 Å². The van der Waals surface area contributed by atoms with Crippen LogP contribution in [-0.4, -0.2) is 38.7 Å². The van der Waals surface area contributed by atoms with Gasteiger partial charge in [-0.05, 0) is 69.5 Å². The van der Waals surface area contributed by atoms with Crippen molar-refractivity contribution in [2.75, 3.05) is 13.1 Å². The fourth-order valence-electron chi connectivity index (χ4n) is 4.24. The summed E-state index contributed by atoms with van der Waals surface area (Å²) in [6.45, 7) is 4.66. The van der Waals surface area contributed by atoms with E-state index in [0.29, 0.717) is 34.3 Å². The van der Waals surface area contributed by atoms with Gasteiger partial charge in [0.25, 0.3) is 0 Å². The molecule has 2 heterocycles. The van der Waals surface area contributed by atoms with Crippen molar-refractivity contribution in [1.82, 2.24) is 19.7 Å². The van der Waals surface area contributed by atoms with E-state index < -0.39 is 0 Å². The third-order valence-corrected chi connectivity index (χ3v) is 6.06. The van der Waals surface area contributed by atoms with E-state index in [1.807, 2.05) is 0 Å². The average Bonchev–Trinajstić information content (AvgIpc) is 3.48. The smallest absolute Gasteiger partial charge is 0.226 e. The summed E-state index contributed by atoms with van der Waals surface area (Å²) in [5, 5.41) is 7.37. The molecule has 23 heavy (non-hydrogen) atoms. The lowest BCUT2D eigenvalue weighted by Gasteiger charge is -2.35. The topological polar surface area (TPSA) is 53.9 Å². The predicted octanol–water partition coefficient (Wildman–Crippen LogP) is 3.10. The molecule has 0 spiro atoms. The Morgan fingerprint density at radius 3 is 2.61 bits per heavy atom. The molecule has 1 amide bonds. The zero-order chi connectivity index (χ0) is 16.0. The number of nitrogens with zero attached hydrogens (tertiary/aromatic N) is 3. The normalized spacial score (nSPS) is 25.1. The molecule has 0 aromatic carbocycles. The van der Waals surface area contributed by atoms with Gasteiger partial charge in [0.2, 0.25) is 5.91 Å². The van der Waals surface area contributed by atoms with Crippen LogP contribution < -0.4 is 0 Å². The number of carbonyl (C=O) groups is 1. The molecule has 3 aliphatic rings. The number of aromatic nitrogens is 3. The summed E-state index contributed by atoms with van der Waals surface area (Å²) in [5.74, 6) is 3.46. The van der Waals surface area contributed by atoms with Crippen LogP contribution in [0.25, 0.3) is 0 Å². The van der Waals surface area contributed by atoms with Crippen molar-refractivity contribution in [2.24, 2.45) is 17.8 Å². The standard InChI is InChI=1S/C17H26N4OS/c1-2-21-15(18-19-17(21)23)13-4-3-9-20(10-13)16(22)14(11-5-6-11)12-7-8-12/h11-14H,2-10H2,1H3,(H,19,23)/t13-/m1/s1. The SMILES string of the molecule is CCn1c([C@@H]2CCCN(C(=O)C(C3CC3)C3CC3)C2)n[nH]c1=S. The second-order valence-corrected chi connectivity index (χ2v) is 7.84. The Morgan fingerprint density at radius 2 is 2.00 bits per heavy atom. The molecule has 1 N–H and O–H groups in total. The molecule has 0 radical (unpaired) electrons. The quantitative estimate of drug-likeness (QED) is 0.842. The number of hydrogen-bond donors (Lipinski definition) is 1. The Bertz CT molecular complexity index is 631. The van der Waals surface area contributed by atoms with Crippen LogP contribution >= 0.6 is 12.2 Å². The van der Waals surface area contributed by atoms with E-state index in [4.69, 9.17) is 12.2 Å². The summed E-state index contributed by atoms with van der Waals surface area (Å²) in [4.78, 5) is 15.2. The minimum Gasteiger partial charge on any atom is -0.342 e. The average molecular weight is 334 g/mol. The van der Waals surface area contributed by atoms with Crippen LogP contribution in [0, 0.1) is 22.5 Å². The molecule has 2 aliphatic carbocycles. The number of carbonyl (C=O) groups excluding carboxylic acids is 1. The molecule has 1 aromatic rings. The molecule has 3 fully saturated rings. The van der Waals surface area contributed by atoms with Gasteiger partial charge in [-0.25, -0.2) is 0 Å². The molecular weight excluding hydrogens is 308 g/mol. The largest absolute Gasteiger partial charge is 0.342 e. The van der Waals surface area contributed by atoms with Crippen LogP contribution in [0.3, 0.4) is 0 Å². The zero-order valence-electron chi connectivity index (χ0n) is 13.8. The third-order valence-electron chi connectivity index (χ3n) is 5.75. The molecule has 1 atom stereocenters. The van der Waals surface area contributed by atoms with E-state index in [2.05, 4.69) is 26.6 Å². The predicted molar refractivity (Wildman–Crippen MR) is 90.6 cm³/mol. The molecule has 4 rings (SSSR count). The highest BCUT2D eigenvalue weighted by Crippen LogP contribution is 2.50. The molecule has 1 saturated heterocycles. The summed E-state index contributed by atoms with van der Waals surface area (Å²) in [7, 11) is 0. The fourth-order valence-corrected chi connectivity index (χ4v) is 4.51. The molecular formula is C17H26N4OS. The Labute approximate surface area is 142 Å². The molecule has 0 unspecified atom stereocenters. The number of aromatic amines is 1. The van der Waals surface area contributed by atoms with Crippen molar-refractivity contribution < 1.29 is 4.79 Å². The zero-order valence-corrected chi connectivity index (χ0v) is 14.6. The second-order valence-electron chi connectivity index (χ2n) is 7.46. The van der Waals surface area contributed by atoms with Crippen molar-refractivity contribution in [2.45, 2.75) is 57.9 Å². The van der Waals surface area contributed by atoms with Gasteiger partial charge in [0.05, 0.1) is 0 Å². The number of amides is 1. The maximum absolute atomic E-state index is 13.1. The number of likely N-dealkylation sites (tertiary alicyclic amines) is 1. The Morgan fingerprint density at radius 1 is 1.30 bits per heavy atom. The first-order chi connectivity index (χ1) is 11.2. The van der Waals surface area contributed by atoms with Gasteiger partial charge >= 0.3 is 0 Å². The summed E-state index contributed by atoms with van der Waals surface area (Å²) < 4.78 is 2.77.